The highest BCUT2D eigenvalue weighted by molar-refractivity contribution is 6.02. The maximum Gasteiger partial charge on any atom is 0.319 e. The van der Waals surface area contributed by atoms with Gasteiger partial charge in [-0.25, -0.2) is 4.79 Å². The molecule has 128 valence electrons. The topological polar surface area (TPSA) is 58.2 Å². The van der Waals surface area contributed by atoms with Crippen LogP contribution in [-0.2, 0) is 0 Å². The number of fused-ring (bicyclic) bond motifs is 1. The average Bonchev–Trinajstić information content (AvgIpc) is 2.67. The van der Waals surface area contributed by atoms with E-state index in [0.29, 0.717) is 11.3 Å². The van der Waals surface area contributed by atoms with Crippen LogP contribution in [0.5, 0.6) is 0 Å². The molecule has 1 heterocycles. The van der Waals surface area contributed by atoms with E-state index in [1.54, 1.807) is 12.1 Å². The number of hydrogen-bond donors (Lipinski definition) is 2. The van der Waals surface area contributed by atoms with Crippen molar-refractivity contribution in [2.75, 3.05) is 0 Å². The van der Waals surface area contributed by atoms with Gasteiger partial charge >= 0.3 is 6.03 Å². The summed E-state index contributed by atoms with van der Waals surface area (Å²) in [7, 11) is 0. The molecular weight excluding hydrogens is 324 g/mol. The number of carbonyl (C=O) groups excluding carboxylic acids is 2. The maximum atomic E-state index is 13.2. The van der Waals surface area contributed by atoms with E-state index in [0.717, 1.165) is 16.3 Å². The molecule has 0 spiro atoms. The highest BCUT2D eigenvalue weighted by Gasteiger charge is 2.38. The second-order valence-corrected chi connectivity index (χ2v) is 6.38. The molecule has 1 aliphatic rings. The van der Waals surface area contributed by atoms with Crippen molar-refractivity contribution in [2.24, 2.45) is 5.92 Å². The molecule has 0 saturated carbocycles. The number of ketones is 1. The lowest BCUT2D eigenvalue weighted by molar-refractivity contribution is 0.0906. The summed E-state index contributed by atoms with van der Waals surface area (Å²) in [5, 5.41) is 7.67. The molecule has 0 unspecified atom stereocenters. The van der Waals surface area contributed by atoms with Gasteiger partial charge in [-0.15, -0.1) is 0 Å². The van der Waals surface area contributed by atoms with Crippen molar-refractivity contribution in [2.45, 2.75) is 6.04 Å². The summed E-state index contributed by atoms with van der Waals surface area (Å²) < 4.78 is 0. The Balaban J connectivity index is 1.84. The molecule has 1 saturated heterocycles. The Morgan fingerprint density at radius 1 is 0.885 bits per heavy atom. The van der Waals surface area contributed by atoms with Crippen molar-refractivity contribution in [1.29, 1.82) is 0 Å². The van der Waals surface area contributed by atoms with Crippen molar-refractivity contribution in [3.05, 3.63) is 96.2 Å². The van der Waals surface area contributed by atoms with Crippen LogP contribution in [0.4, 0.5) is 4.79 Å². The second kappa shape index (κ2) is 6.48. The van der Waals surface area contributed by atoms with E-state index < -0.39 is 12.0 Å². The fourth-order valence-corrected chi connectivity index (χ4v) is 3.56. The van der Waals surface area contributed by atoms with Crippen LogP contribution in [0.3, 0.4) is 0 Å². The summed E-state index contributed by atoms with van der Waals surface area (Å²) in [5.41, 5.74) is 1.93. The van der Waals surface area contributed by atoms with Crippen molar-refractivity contribution < 1.29 is 9.59 Å². The molecule has 2 N–H and O–H groups in total. The molecule has 4 rings (SSSR count). The molecule has 3 aromatic carbocycles. The number of amides is 2. The Labute approximate surface area is 151 Å². The summed E-state index contributed by atoms with van der Waals surface area (Å²) in [6, 6.07) is 22.1. The lowest BCUT2D eigenvalue weighted by Gasteiger charge is -2.34. The molecular formula is C22H18N2O2. The predicted molar refractivity (Wildman–Crippen MR) is 102 cm³/mol. The van der Waals surface area contributed by atoms with Gasteiger partial charge in [0.05, 0.1) is 12.0 Å². The Morgan fingerprint density at radius 3 is 2.38 bits per heavy atom. The summed E-state index contributed by atoms with van der Waals surface area (Å²) in [6.07, 6.45) is 0. The average molecular weight is 342 g/mol. The number of rotatable bonds is 3. The number of carbonyl (C=O) groups is 2. The summed E-state index contributed by atoms with van der Waals surface area (Å²) >= 11 is 0. The minimum Gasteiger partial charge on any atom is -0.330 e. The molecule has 4 heteroatoms. The Hall–Kier alpha value is -3.40. The largest absolute Gasteiger partial charge is 0.330 e. The first kappa shape index (κ1) is 16.1. The van der Waals surface area contributed by atoms with Gasteiger partial charge in [0, 0.05) is 11.3 Å². The molecule has 0 bridgehead atoms. The van der Waals surface area contributed by atoms with Crippen LogP contribution in [0.15, 0.2) is 85.1 Å². The number of hydrogen-bond acceptors (Lipinski definition) is 2. The van der Waals surface area contributed by atoms with Crippen molar-refractivity contribution in [3.8, 4) is 0 Å². The van der Waals surface area contributed by atoms with E-state index in [9.17, 15) is 9.59 Å². The van der Waals surface area contributed by atoms with Gasteiger partial charge in [-0.3, -0.25) is 4.79 Å². The van der Waals surface area contributed by atoms with Gasteiger partial charge in [0.2, 0.25) is 0 Å². The van der Waals surface area contributed by atoms with E-state index in [2.05, 4.69) is 17.2 Å². The van der Waals surface area contributed by atoms with Gasteiger partial charge < -0.3 is 10.6 Å². The van der Waals surface area contributed by atoms with Crippen LogP contribution < -0.4 is 10.6 Å². The quantitative estimate of drug-likeness (QED) is 0.701. The molecule has 0 aliphatic carbocycles. The van der Waals surface area contributed by atoms with Crippen molar-refractivity contribution >= 4 is 22.6 Å². The number of urea groups is 1. The molecule has 3 aromatic rings. The van der Waals surface area contributed by atoms with Crippen LogP contribution in [-0.4, -0.2) is 11.8 Å². The third-order valence-corrected chi connectivity index (χ3v) is 4.77. The zero-order chi connectivity index (χ0) is 18.1. The van der Waals surface area contributed by atoms with E-state index in [-0.39, 0.29) is 11.8 Å². The first-order valence-corrected chi connectivity index (χ1v) is 8.48. The minimum absolute atomic E-state index is 0.0685. The summed E-state index contributed by atoms with van der Waals surface area (Å²) in [5.74, 6) is -0.651. The van der Waals surface area contributed by atoms with Crippen molar-refractivity contribution in [1.82, 2.24) is 10.6 Å². The molecule has 0 aromatic heterocycles. The van der Waals surface area contributed by atoms with E-state index in [1.165, 1.54) is 0 Å². The zero-order valence-corrected chi connectivity index (χ0v) is 14.1. The standard InChI is InChI=1S/C22H18N2O2/c1-14-19(21(25)16-9-3-2-4-10-16)20(24-22(26)23-14)18-13-7-11-15-8-5-6-12-17(15)18/h2-13,19-20H,1H2,(H2,23,24,26)/t19-,20-/m1/s1. The zero-order valence-electron chi connectivity index (χ0n) is 14.1. The van der Waals surface area contributed by atoms with Gasteiger partial charge in [0.25, 0.3) is 0 Å². The smallest absolute Gasteiger partial charge is 0.319 e. The number of Topliss-reactive ketones (excluding diaryl/α,β-unsaturated/α-hetero) is 1. The highest BCUT2D eigenvalue weighted by Crippen LogP contribution is 2.35. The Kier molecular flexibility index (Phi) is 4.01. The predicted octanol–water partition coefficient (Wildman–Crippen LogP) is 4.21. The Morgan fingerprint density at radius 2 is 1.58 bits per heavy atom. The van der Waals surface area contributed by atoms with Crippen LogP contribution in [0.2, 0.25) is 0 Å². The molecule has 1 fully saturated rings. The molecule has 2 amide bonds. The first-order valence-electron chi connectivity index (χ1n) is 8.48. The number of benzene rings is 3. The minimum atomic E-state index is -0.582. The highest BCUT2D eigenvalue weighted by atomic mass is 16.2. The monoisotopic (exact) mass is 342 g/mol. The van der Waals surface area contributed by atoms with Crippen molar-refractivity contribution in [3.63, 3.8) is 0 Å². The van der Waals surface area contributed by atoms with E-state index in [4.69, 9.17) is 0 Å². The van der Waals surface area contributed by atoms with Crippen LogP contribution in [0.1, 0.15) is 22.0 Å². The fraction of sp³-hybridized carbons (Fsp3) is 0.0909. The van der Waals surface area contributed by atoms with E-state index in [1.807, 2.05) is 60.7 Å². The second-order valence-electron chi connectivity index (χ2n) is 6.38. The van der Waals surface area contributed by atoms with Gasteiger partial charge in [-0.2, -0.15) is 0 Å². The lowest BCUT2D eigenvalue weighted by atomic mass is 9.82. The normalized spacial score (nSPS) is 19.7. The lowest BCUT2D eigenvalue weighted by Crippen LogP contribution is -2.50. The molecule has 2 atom stereocenters. The molecule has 4 nitrogen and oxygen atoms in total. The third-order valence-electron chi connectivity index (χ3n) is 4.77. The first-order chi connectivity index (χ1) is 12.6. The van der Waals surface area contributed by atoms with E-state index >= 15 is 0 Å². The molecule has 26 heavy (non-hydrogen) atoms. The van der Waals surface area contributed by atoms with Crippen LogP contribution >= 0.6 is 0 Å². The maximum absolute atomic E-state index is 13.2. The molecule has 0 radical (unpaired) electrons. The van der Waals surface area contributed by atoms with Crippen LogP contribution in [0.25, 0.3) is 10.8 Å². The Bertz CT molecular complexity index is 1010. The fourth-order valence-electron chi connectivity index (χ4n) is 3.56. The summed E-state index contributed by atoms with van der Waals surface area (Å²) in [6.45, 7) is 3.96. The van der Waals surface area contributed by atoms with Gasteiger partial charge in [-0.1, -0.05) is 79.4 Å². The number of nitrogens with one attached hydrogen (secondary N) is 2. The van der Waals surface area contributed by atoms with Gasteiger partial charge in [0.1, 0.15) is 0 Å². The molecule has 1 aliphatic heterocycles. The summed E-state index contributed by atoms with van der Waals surface area (Å²) in [4.78, 5) is 25.3. The van der Waals surface area contributed by atoms with Gasteiger partial charge in [-0.05, 0) is 16.3 Å². The van der Waals surface area contributed by atoms with Gasteiger partial charge in [0.15, 0.2) is 5.78 Å². The SMILES string of the molecule is C=C1NC(=O)N[C@H](c2cccc3ccccc23)[C@@H]1C(=O)c1ccccc1. The third kappa shape index (κ3) is 2.75. The van der Waals surface area contributed by atoms with Crippen LogP contribution in [0, 0.1) is 5.92 Å².